The fourth-order valence-corrected chi connectivity index (χ4v) is 3.64. The van der Waals surface area contributed by atoms with Gasteiger partial charge < -0.3 is 15.1 Å². The van der Waals surface area contributed by atoms with E-state index in [0.717, 1.165) is 38.6 Å². The predicted molar refractivity (Wildman–Crippen MR) is 74.1 cm³/mol. The van der Waals surface area contributed by atoms with E-state index in [2.05, 4.69) is 0 Å². The van der Waals surface area contributed by atoms with Gasteiger partial charge in [0.1, 0.15) is 0 Å². The summed E-state index contributed by atoms with van der Waals surface area (Å²) in [5, 5.41) is 18.3. The smallest absolute Gasteiger partial charge is 0.307 e. The number of nitrogens with zero attached hydrogens (tertiary/aromatic N) is 1. The molecule has 1 aliphatic carbocycles. The Morgan fingerprint density at radius 1 is 1.05 bits per heavy atom. The van der Waals surface area contributed by atoms with Crippen LogP contribution in [0.15, 0.2) is 0 Å². The molecular weight excluding hydrogens is 258 g/mol. The van der Waals surface area contributed by atoms with Gasteiger partial charge in [-0.3, -0.25) is 9.59 Å². The van der Waals surface area contributed by atoms with Crippen molar-refractivity contribution in [2.45, 2.75) is 44.9 Å². The van der Waals surface area contributed by atoms with Crippen LogP contribution in [-0.2, 0) is 9.59 Å². The molecule has 20 heavy (non-hydrogen) atoms. The second-order valence-electron chi connectivity index (χ2n) is 6.14. The van der Waals surface area contributed by atoms with Crippen LogP contribution in [0, 0.1) is 17.8 Å². The average molecular weight is 283 g/mol. The first kappa shape index (κ1) is 15.3. The maximum absolute atomic E-state index is 12.6. The first-order valence-electron chi connectivity index (χ1n) is 7.76. The number of aliphatic hydroxyl groups is 1. The molecule has 0 spiro atoms. The van der Waals surface area contributed by atoms with Gasteiger partial charge >= 0.3 is 5.97 Å². The third kappa shape index (κ3) is 3.51. The zero-order valence-corrected chi connectivity index (χ0v) is 12.0. The van der Waals surface area contributed by atoms with Crippen LogP contribution in [0.25, 0.3) is 0 Å². The molecule has 3 atom stereocenters. The van der Waals surface area contributed by atoms with Gasteiger partial charge in [-0.2, -0.15) is 0 Å². The van der Waals surface area contributed by atoms with Crippen LogP contribution in [0.3, 0.4) is 0 Å². The molecule has 0 aromatic carbocycles. The molecule has 1 saturated carbocycles. The summed E-state index contributed by atoms with van der Waals surface area (Å²) in [5.74, 6) is -1.28. The summed E-state index contributed by atoms with van der Waals surface area (Å²) < 4.78 is 0. The summed E-state index contributed by atoms with van der Waals surface area (Å²) in [6.07, 6.45) is 5.94. The number of rotatable bonds is 4. The van der Waals surface area contributed by atoms with E-state index in [4.69, 9.17) is 5.11 Å². The third-order valence-electron chi connectivity index (χ3n) is 4.77. The van der Waals surface area contributed by atoms with Crippen LogP contribution < -0.4 is 0 Å². The van der Waals surface area contributed by atoms with Gasteiger partial charge in [0.15, 0.2) is 0 Å². The van der Waals surface area contributed by atoms with Crippen molar-refractivity contribution in [1.82, 2.24) is 4.90 Å². The standard InChI is InChI=1S/C15H25NO4/c17-9-7-11-4-3-8-16(10-11)14(18)12-5-1-2-6-13(12)15(19)20/h11-13,17H,1-10H2,(H,19,20). The molecule has 2 rings (SSSR count). The highest BCUT2D eigenvalue weighted by molar-refractivity contribution is 5.85. The number of hydrogen-bond acceptors (Lipinski definition) is 3. The number of likely N-dealkylation sites (tertiary alicyclic amines) is 1. The number of hydrogen-bond donors (Lipinski definition) is 2. The minimum Gasteiger partial charge on any atom is -0.481 e. The highest BCUT2D eigenvalue weighted by Crippen LogP contribution is 2.33. The lowest BCUT2D eigenvalue weighted by molar-refractivity contribution is -0.153. The summed E-state index contributed by atoms with van der Waals surface area (Å²) in [6.45, 7) is 1.58. The Hall–Kier alpha value is -1.10. The zero-order valence-electron chi connectivity index (χ0n) is 12.0. The van der Waals surface area contributed by atoms with Gasteiger partial charge in [-0.1, -0.05) is 12.8 Å². The van der Waals surface area contributed by atoms with Crippen molar-refractivity contribution in [2.75, 3.05) is 19.7 Å². The van der Waals surface area contributed by atoms with E-state index in [1.807, 2.05) is 4.90 Å². The molecule has 3 unspecified atom stereocenters. The number of carbonyl (C=O) groups excluding carboxylic acids is 1. The van der Waals surface area contributed by atoms with E-state index in [1.54, 1.807) is 0 Å². The van der Waals surface area contributed by atoms with Crippen LogP contribution in [0.1, 0.15) is 44.9 Å². The van der Waals surface area contributed by atoms with Crippen molar-refractivity contribution in [3.63, 3.8) is 0 Å². The Kier molecular flexibility index (Phi) is 5.40. The maximum Gasteiger partial charge on any atom is 0.307 e. The quantitative estimate of drug-likeness (QED) is 0.819. The van der Waals surface area contributed by atoms with Crippen molar-refractivity contribution < 1.29 is 19.8 Å². The maximum atomic E-state index is 12.6. The molecule has 2 N–H and O–H groups in total. The molecule has 0 aromatic rings. The SMILES string of the molecule is O=C(O)C1CCCCC1C(=O)N1CCCC(CCO)C1. The number of aliphatic hydroxyl groups excluding tert-OH is 1. The summed E-state index contributed by atoms with van der Waals surface area (Å²) in [7, 11) is 0. The molecule has 5 nitrogen and oxygen atoms in total. The van der Waals surface area contributed by atoms with Crippen molar-refractivity contribution in [3.8, 4) is 0 Å². The van der Waals surface area contributed by atoms with Gasteiger partial charge in [-0.25, -0.2) is 0 Å². The summed E-state index contributed by atoms with van der Waals surface area (Å²) in [6, 6.07) is 0. The Morgan fingerprint density at radius 3 is 2.40 bits per heavy atom. The molecule has 0 radical (unpaired) electrons. The molecular formula is C15H25NO4. The van der Waals surface area contributed by atoms with E-state index >= 15 is 0 Å². The number of carboxylic acids is 1. The number of aliphatic carboxylic acids is 1. The number of carbonyl (C=O) groups is 2. The monoisotopic (exact) mass is 283 g/mol. The van der Waals surface area contributed by atoms with Gasteiger partial charge in [0.05, 0.1) is 11.8 Å². The largest absolute Gasteiger partial charge is 0.481 e. The molecule has 0 aromatic heterocycles. The summed E-state index contributed by atoms with van der Waals surface area (Å²) >= 11 is 0. The normalized spacial score (nSPS) is 31.1. The lowest BCUT2D eigenvalue weighted by atomic mass is 9.78. The molecule has 2 fully saturated rings. The molecule has 5 heteroatoms. The van der Waals surface area contributed by atoms with Crippen LogP contribution in [-0.4, -0.2) is 46.7 Å². The van der Waals surface area contributed by atoms with Gasteiger partial charge in [-0.05, 0) is 38.0 Å². The van der Waals surface area contributed by atoms with Crippen LogP contribution in [0.2, 0.25) is 0 Å². The second kappa shape index (κ2) is 7.07. The Labute approximate surface area is 120 Å². The molecule has 1 saturated heterocycles. The van der Waals surface area contributed by atoms with Crippen LogP contribution >= 0.6 is 0 Å². The zero-order chi connectivity index (χ0) is 14.5. The van der Waals surface area contributed by atoms with Crippen LogP contribution in [0.5, 0.6) is 0 Å². The number of carboxylic acid groups (broad SMARTS) is 1. The fourth-order valence-electron chi connectivity index (χ4n) is 3.64. The van der Waals surface area contributed by atoms with Crippen molar-refractivity contribution in [3.05, 3.63) is 0 Å². The fraction of sp³-hybridized carbons (Fsp3) is 0.867. The van der Waals surface area contributed by atoms with Gasteiger partial charge in [0, 0.05) is 19.7 Å². The van der Waals surface area contributed by atoms with E-state index < -0.39 is 11.9 Å². The van der Waals surface area contributed by atoms with Crippen molar-refractivity contribution in [2.24, 2.45) is 17.8 Å². The van der Waals surface area contributed by atoms with Gasteiger partial charge in [0.25, 0.3) is 0 Å². The lowest BCUT2D eigenvalue weighted by Crippen LogP contribution is -2.46. The minimum absolute atomic E-state index is 0.0275. The lowest BCUT2D eigenvalue weighted by Gasteiger charge is -2.37. The molecule has 1 aliphatic heterocycles. The summed E-state index contributed by atoms with van der Waals surface area (Å²) in [5.41, 5.74) is 0. The number of amides is 1. The Balaban J connectivity index is 1.99. The van der Waals surface area contributed by atoms with Crippen LogP contribution in [0.4, 0.5) is 0 Å². The first-order chi connectivity index (χ1) is 9.63. The van der Waals surface area contributed by atoms with E-state index in [0.29, 0.717) is 25.3 Å². The van der Waals surface area contributed by atoms with Gasteiger partial charge in [-0.15, -0.1) is 0 Å². The predicted octanol–water partition coefficient (Wildman–Crippen LogP) is 1.50. The minimum atomic E-state index is -0.827. The Morgan fingerprint density at radius 2 is 1.75 bits per heavy atom. The van der Waals surface area contributed by atoms with E-state index in [-0.39, 0.29) is 18.4 Å². The van der Waals surface area contributed by atoms with Gasteiger partial charge in [0.2, 0.25) is 5.91 Å². The molecule has 2 aliphatic rings. The summed E-state index contributed by atoms with van der Waals surface area (Å²) in [4.78, 5) is 25.8. The van der Waals surface area contributed by atoms with Crippen molar-refractivity contribution >= 4 is 11.9 Å². The molecule has 1 amide bonds. The Bertz CT molecular complexity index is 356. The van der Waals surface area contributed by atoms with Crippen molar-refractivity contribution in [1.29, 1.82) is 0 Å². The molecule has 0 bridgehead atoms. The molecule has 1 heterocycles. The third-order valence-corrected chi connectivity index (χ3v) is 4.77. The molecule has 114 valence electrons. The highest BCUT2D eigenvalue weighted by Gasteiger charge is 2.38. The van der Waals surface area contributed by atoms with E-state index in [9.17, 15) is 14.7 Å². The topological polar surface area (TPSA) is 77.8 Å². The number of piperidine rings is 1. The highest BCUT2D eigenvalue weighted by atomic mass is 16.4. The average Bonchev–Trinajstić information content (AvgIpc) is 2.47. The van der Waals surface area contributed by atoms with E-state index in [1.165, 1.54) is 0 Å². The first-order valence-corrected chi connectivity index (χ1v) is 7.76. The second-order valence-corrected chi connectivity index (χ2v) is 6.14.